The fraction of sp³-hybridized carbons (Fsp3) is 0.278. The fourth-order valence-electron chi connectivity index (χ4n) is 2.02. The third kappa shape index (κ3) is 6.40. The Morgan fingerprint density at radius 2 is 1.79 bits per heavy atom. The lowest BCUT2D eigenvalue weighted by Gasteiger charge is -2.09. The molecule has 0 aromatic heterocycles. The number of halogens is 2. The number of amides is 1. The lowest BCUT2D eigenvalue weighted by molar-refractivity contribution is -0.134. The highest BCUT2D eigenvalue weighted by molar-refractivity contribution is 6.30. The summed E-state index contributed by atoms with van der Waals surface area (Å²) in [7, 11) is 0. The van der Waals surface area contributed by atoms with E-state index in [-0.39, 0.29) is 5.91 Å². The van der Waals surface area contributed by atoms with E-state index in [1.165, 1.54) is 0 Å². The van der Waals surface area contributed by atoms with E-state index in [1.807, 2.05) is 31.2 Å². The fourth-order valence-corrected chi connectivity index (χ4v) is 2.37. The van der Waals surface area contributed by atoms with Crippen molar-refractivity contribution in [2.75, 3.05) is 6.61 Å². The summed E-state index contributed by atoms with van der Waals surface area (Å²) in [5.41, 5.74) is 4.32. The van der Waals surface area contributed by atoms with Crippen molar-refractivity contribution in [1.29, 1.82) is 0 Å². The molecular formula is C18H19Cl2NO3. The van der Waals surface area contributed by atoms with Crippen LogP contribution in [0, 0.1) is 6.92 Å². The van der Waals surface area contributed by atoms with Crippen LogP contribution in [-0.4, -0.2) is 12.5 Å². The first-order valence-corrected chi connectivity index (χ1v) is 8.34. The summed E-state index contributed by atoms with van der Waals surface area (Å²) in [6.07, 6.45) is 0.922. The van der Waals surface area contributed by atoms with Crippen LogP contribution >= 0.6 is 23.2 Å². The summed E-state index contributed by atoms with van der Waals surface area (Å²) < 4.78 is 5.64. The number of rotatable bonds is 8. The van der Waals surface area contributed by atoms with Gasteiger partial charge >= 0.3 is 0 Å². The van der Waals surface area contributed by atoms with E-state index in [0.717, 1.165) is 16.9 Å². The molecule has 0 atom stereocenters. The zero-order chi connectivity index (χ0) is 17.4. The highest BCUT2D eigenvalue weighted by atomic mass is 35.5. The molecule has 0 bridgehead atoms. The molecule has 4 nitrogen and oxygen atoms in total. The average molecular weight is 368 g/mol. The zero-order valence-electron chi connectivity index (χ0n) is 13.4. The van der Waals surface area contributed by atoms with Gasteiger partial charge in [-0.1, -0.05) is 35.3 Å². The predicted octanol–water partition coefficient (Wildman–Crippen LogP) is 4.71. The Bertz CT molecular complexity index is 674. The number of benzene rings is 2. The molecule has 0 heterocycles. The smallest absolute Gasteiger partial charge is 0.243 e. The molecule has 0 unspecified atom stereocenters. The molecule has 0 fully saturated rings. The molecule has 24 heavy (non-hydrogen) atoms. The van der Waals surface area contributed by atoms with Crippen LogP contribution in [0.5, 0.6) is 5.75 Å². The Labute approximate surface area is 151 Å². The van der Waals surface area contributed by atoms with Crippen LogP contribution in [0.4, 0.5) is 0 Å². The quantitative estimate of drug-likeness (QED) is 0.542. The third-order valence-electron chi connectivity index (χ3n) is 3.28. The minimum absolute atomic E-state index is 0.180. The number of carbonyl (C=O) groups is 1. The Balaban J connectivity index is 1.60. The van der Waals surface area contributed by atoms with E-state index >= 15 is 0 Å². The number of ether oxygens (including phenoxy) is 1. The summed E-state index contributed by atoms with van der Waals surface area (Å²) in [5, 5.41) is 1.34. The molecule has 2 aromatic rings. The first-order chi connectivity index (χ1) is 11.5. The molecule has 0 saturated carbocycles. The van der Waals surface area contributed by atoms with Gasteiger partial charge in [-0.05, 0) is 54.8 Å². The first kappa shape index (κ1) is 18.6. The van der Waals surface area contributed by atoms with E-state index < -0.39 is 0 Å². The highest BCUT2D eigenvalue weighted by Crippen LogP contribution is 2.21. The summed E-state index contributed by atoms with van der Waals surface area (Å²) >= 11 is 11.7. The summed E-state index contributed by atoms with van der Waals surface area (Å²) in [6, 6.07) is 12.7. The van der Waals surface area contributed by atoms with Gasteiger partial charge in [-0.3, -0.25) is 9.63 Å². The maximum atomic E-state index is 11.7. The van der Waals surface area contributed by atoms with E-state index in [4.69, 9.17) is 32.8 Å². The SMILES string of the molecule is Cc1cc(Cl)ccc1OCCCC(=O)NOCc1ccc(Cl)cc1. The third-order valence-corrected chi connectivity index (χ3v) is 3.77. The second-order valence-corrected chi connectivity index (χ2v) is 6.18. The summed E-state index contributed by atoms with van der Waals surface area (Å²) in [6.45, 7) is 2.68. The van der Waals surface area contributed by atoms with Crippen molar-refractivity contribution in [2.45, 2.75) is 26.4 Å². The molecule has 1 amide bonds. The van der Waals surface area contributed by atoms with Crippen molar-refractivity contribution in [3.63, 3.8) is 0 Å². The van der Waals surface area contributed by atoms with Gasteiger partial charge in [-0.2, -0.15) is 0 Å². The van der Waals surface area contributed by atoms with Crippen molar-refractivity contribution in [3.05, 3.63) is 63.6 Å². The normalized spacial score (nSPS) is 10.5. The van der Waals surface area contributed by atoms with Crippen LogP contribution in [-0.2, 0) is 16.2 Å². The van der Waals surface area contributed by atoms with Crippen LogP contribution in [0.25, 0.3) is 0 Å². The Morgan fingerprint density at radius 3 is 2.50 bits per heavy atom. The number of hydrogen-bond acceptors (Lipinski definition) is 3. The standard InChI is InChI=1S/C18H19Cl2NO3/c1-13-11-16(20)8-9-17(13)23-10-2-3-18(22)21-24-12-14-4-6-15(19)7-5-14/h4-9,11H,2-3,10,12H2,1H3,(H,21,22). The topological polar surface area (TPSA) is 47.6 Å². The van der Waals surface area contributed by atoms with Crippen LogP contribution in [0.3, 0.4) is 0 Å². The molecule has 0 aliphatic rings. The molecule has 2 rings (SSSR count). The average Bonchev–Trinajstić information content (AvgIpc) is 2.55. The second kappa shape index (κ2) is 9.52. The van der Waals surface area contributed by atoms with E-state index in [9.17, 15) is 4.79 Å². The Hall–Kier alpha value is -1.75. The molecule has 0 radical (unpaired) electrons. The lowest BCUT2D eigenvalue weighted by atomic mass is 10.2. The maximum Gasteiger partial charge on any atom is 0.243 e. The minimum atomic E-state index is -0.180. The van der Waals surface area contributed by atoms with Gasteiger partial charge in [0.05, 0.1) is 13.2 Å². The van der Waals surface area contributed by atoms with Gasteiger partial charge in [0.15, 0.2) is 0 Å². The Kier molecular flexibility index (Phi) is 7.37. The molecule has 128 valence electrons. The molecule has 0 aliphatic carbocycles. The van der Waals surface area contributed by atoms with Gasteiger partial charge in [0.25, 0.3) is 0 Å². The second-order valence-electron chi connectivity index (χ2n) is 5.30. The monoisotopic (exact) mass is 367 g/mol. The molecule has 0 saturated heterocycles. The van der Waals surface area contributed by atoms with Crippen LogP contribution in [0.1, 0.15) is 24.0 Å². The van der Waals surface area contributed by atoms with Gasteiger partial charge in [0.2, 0.25) is 5.91 Å². The van der Waals surface area contributed by atoms with Crippen molar-refractivity contribution in [3.8, 4) is 5.75 Å². The number of nitrogens with one attached hydrogen (secondary N) is 1. The number of hydroxylamine groups is 1. The van der Waals surface area contributed by atoms with E-state index in [1.54, 1.807) is 18.2 Å². The molecule has 0 aliphatic heterocycles. The van der Waals surface area contributed by atoms with Crippen LogP contribution in [0.2, 0.25) is 10.0 Å². The summed E-state index contributed by atoms with van der Waals surface area (Å²) in [4.78, 5) is 16.9. The number of aryl methyl sites for hydroxylation is 1. The van der Waals surface area contributed by atoms with E-state index in [2.05, 4.69) is 5.48 Å². The first-order valence-electron chi connectivity index (χ1n) is 7.58. The van der Waals surface area contributed by atoms with Crippen LogP contribution < -0.4 is 10.2 Å². The zero-order valence-corrected chi connectivity index (χ0v) is 14.9. The predicted molar refractivity (Wildman–Crippen MR) is 95.3 cm³/mol. The van der Waals surface area contributed by atoms with Gasteiger partial charge in [0, 0.05) is 16.5 Å². The number of hydrogen-bond donors (Lipinski definition) is 1. The van der Waals surface area contributed by atoms with Crippen molar-refractivity contribution in [1.82, 2.24) is 5.48 Å². The minimum Gasteiger partial charge on any atom is -0.493 e. The summed E-state index contributed by atoms with van der Waals surface area (Å²) in [5.74, 6) is 0.596. The highest BCUT2D eigenvalue weighted by Gasteiger charge is 2.04. The van der Waals surface area contributed by atoms with Crippen molar-refractivity contribution in [2.24, 2.45) is 0 Å². The molecule has 2 aromatic carbocycles. The van der Waals surface area contributed by atoms with Gasteiger partial charge in [0.1, 0.15) is 5.75 Å². The van der Waals surface area contributed by atoms with Crippen molar-refractivity contribution >= 4 is 29.1 Å². The van der Waals surface area contributed by atoms with Crippen LogP contribution in [0.15, 0.2) is 42.5 Å². The van der Waals surface area contributed by atoms with E-state index in [0.29, 0.717) is 36.1 Å². The maximum absolute atomic E-state index is 11.7. The van der Waals surface area contributed by atoms with Gasteiger partial charge in [-0.25, -0.2) is 5.48 Å². The van der Waals surface area contributed by atoms with Crippen molar-refractivity contribution < 1.29 is 14.4 Å². The molecular weight excluding hydrogens is 349 g/mol. The molecule has 1 N–H and O–H groups in total. The van der Waals surface area contributed by atoms with Gasteiger partial charge in [-0.15, -0.1) is 0 Å². The molecule has 0 spiro atoms. The molecule has 6 heteroatoms. The lowest BCUT2D eigenvalue weighted by Crippen LogP contribution is -2.23. The number of carbonyl (C=O) groups excluding carboxylic acids is 1. The Morgan fingerprint density at radius 1 is 1.08 bits per heavy atom. The largest absolute Gasteiger partial charge is 0.493 e. The van der Waals surface area contributed by atoms with Gasteiger partial charge < -0.3 is 4.74 Å².